The van der Waals surface area contributed by atoms with E-state index in [2.05, 4.69) is 63.6 Å². The maximum absolute atomic E-state index is 11.7. The molecule has 1 fully saturated rings. The molecule has 0 amide bonds. The number of hydrogen-bond acceptors (Lipinski definition) is 5. The van der Waals surface area contributed by atoms with E-state index in [4.69, 9.17) is 4.99 Å². The van der Waals surface area contributed by atoms with Crippen LogP contribution in [0.2, 0.25) is 0 Å². The zero-order valence-corrected chi connectivity index (χ0v) is 18.4. The Bertz CT molecular complexity index is 822. The van der Waals surface area contributed by atoms with Gasteiger partial charge in [0.1, 0.15) is 5.84 Å². The third kappa shape index (κ3) is 4.74. The summed E-state index contributed by atoms with van der Waals surface area (Å²) in [5, 5.41) is 20.0. The molecule has 1 aliphatic heterocycles. The van der Waals surface area contributed by atoms with E-state index in [0.29, 0.717) is 12.8 Å². The summed E-state index contributed by atoms with van der Waals surface area (Å²) in [6.07, 6.45) is 4.16. The SMILES string of the molecule is CC(C)(C)NC1=NC(Nc2ccc(C3(C(=O)O)CCC3)cc2)NC(C(C)(C)C)=C1. The Kier molecular flexibility index (Phi) is 5.41. The van der Waals surface area contributed by atoms with Gasteiger partial charge in [-0.2, -0.15) is 0 Å². The monoisotopic (exact) mass is 398 g/mol. The van der Waals surface area contributed by atoms with Crippen molar-refractivity contribution < 1.29 is 9.90 Å². The van der Waals surface area contributed by atoms with Gasteiger partial charge in [-0.3, -0.25) is 4.79 Å². The Balaban J connectivity index is 1.78. The number of aliphatic imine (C=N–C) groups is 1. The molecule has 6 heteroatoms. The summed E-state index contributed by atoms with van der Waals surface area (Å²) in [5.74, 6) is 0.121. The number of rotatable bonds is 4. The van der Waals surface area contributed by atoms with E-state index in [1.165, 1.54) is 0 Å². The van der Waals surface area contributed by atoms with E-state index in [9.17, 15) is 9.90 Å². The van der Waals surface area contributed by atoms with Gasteiger partial charge in [0.05, 0.1) is 5.41 Å². The molecule has 0 bridgehead atoms. The smallest absolute Gasteiger partial charge is 0.314 e. The lowest BCUT2D eigenvalue weighted by atomic mass is 9.64. The number of carbonyl (C=O) groups is 1. The highest BCUT2D eigenvalue weighted by molar-refractivity contribution is 5.95. The fourth-order valence-corrected chi connectivity index (χ4v) is 3.69. The van der Waals surface area contributed by atoms with E-state index in [-0.39, 0.29) is 17.2 Å². The zero-order valence-electron chi connectivity index (χ0n) is 18.4. The number of carboxylic acid groups (broad SMARTS) is 1. The Labute approximate surface area is 173 Å². The summed E-state index contributed by atoms with van der Waals surface area (Å²) in [4.78, 5) is 16.5. The number of allylic oxidation sites excluding steroid dienone is 1. The molecule has 0 aromatic heterocycles. The number of hydrogen-bond donors (Lipinski definition) is 4. The molecular weight excluding hydrogens is 364 g/mol. The minimum Gasteiger partial charge on any atom is -0.481 e. The van der Waals surface area contributed by atoms with Crippen molar-refractivity contribution in [1.29, 1.82) is 0 Å². The van der Waals surface area contributed by atoms with Crippen LogP contribution in [0.25, 0.3) is 0 Å². The molecule has 0 saturated heterocycles. The van der Waals surface area contributed by atoms with E-state index >= 15 is 0 Å². The van der Waals surface area contributed by atoms with Gasteiger partial charge in [-0.05, 0) is 57.4 Å². The highest BCUT2D eigenvalue weighted by Gasteiger charge is 2.45. The predicted octanol–water partition coefficient (Wildman–Crippen LogP) is 4.21. The molecule has 0 radical (unpaired) electrons. The second-order valence-corrected chi connectivity index (χ2v) is 10.2. The van der Waals surface area contributed by atoms with Gasteiger partial charge in [0.25, 0.3) is 0 Å². The summed E-state index contributed by atoms with van der Waals surface area (Å²) in [6, 6.07) is 7.75. The highest BCUT2D eigenvalue weighted by atomic mass is 16.4. The quantitative estimate of drug-likeness (QED) is 0.610. The third-order valence-electron chi connectivity index (χ3n) is 5.51. The number of nitrogens with zero attached hydrogens (tertiary/aromatic N) is 1. The number of carboxylic acids is 1. The van der Waals surface area contributed by atoms with Gasteiger partial charge in [-0.1, -0.05) is 39.3 Å². The maximum Gasteiger partial charge on any atom is 0.314 e. The zero-order chi connectivity index (χ0) is 21.4. The molecule has 1 unspecified atom stereocenters. The van der Waals surface area contributed by atoms with Crippen LogP contribution in [0.4, 0.5) is 5.69 Å². The van der Waals surface area contributed by atoms with Crippen LogP contribution in [-0.2, 0) is 10.2 Å². The lowest BCUT2D eigenvalue weighted by Crippen LogP contribution is -2.47. The van der Waals surface area contributed by atoms with Crippen LogP contribution in [-0.4, -0.2) is 28.7 Å². The maximum atomic E-state index is 11.7. The van der Waals surface area contributed by atoms with Gasteiger partial charge in [0.2, 0.25) is 0 Å². The van der Waals surface area contributed by atoms with Crippen LogP contribution < -0.4 is 16.0 Å². The van der Waals surface area contributed by atoms with Crippen molar-refractivity contribution in [3.8, 4) is 0 Å². The van der Waals surface area contributed by atoms with Crippen molar-refractivity contribution >= 4 is 17.5 Å². The summed E-state index contributed by atoms with van der Waals surface area (Å²) in [7, 11) is 0. The summed E-state index contributed by atoms with van der Waals surface area (Å²) >= 11 is 0. The van der Waals surface area contributed by atoms with Gasteiger partial charge in [0.15, 0.2) is 6.29 Å². The van der Waals surface area contributed by atoms with Crippen molar-refractivity contribution in [2.24, 2.45) is 10.4 Å². The largest absolute Gasteiger partial charge is 0.481 e. The van der Waals surface area contributed by atoms with Crippen molar-refractivity contribution in [2.75, 3.05) is 5.32 Å². The molecule has 6 nitrogen and oxygen atoms in total. The molecule has 1 aromatic rings. The number of amidine groups is 1. The molecule has 3 rings (SSSR count). The van der Waals surface area contributed by atoms with Crippen molar-refractivity contribution in [1.82, 2.24) is 10.6 Å². The average molecular weight is 399 g/mol. The van der Waals surface area contributed by atoms with Gasteiger partial charge in [-0.15, -0.1) is 0 Å². The van der Waals surface area contributed by atoms with Crippen molar-refractivity contribution in [2.45, 2.75) is 78.0 Å². The molecule has 1 saturated carbocycles. The third-order valence-corrected chi connectivity index (χ3v) is 5.51. The Morgan fingerprint density at radius 1 is 1.14 bits per heavy atom. The number of aliphatic carboxylic acids is 1. The van der Waals surface area contributed by atoms with E-state index in [1.54, 1.807) is 0 Å². The fourth-order valence-electron chi connectivity index (χ4n) is 3.69. The molecule has 1 aromatic carbocycles. The molecule has 1 aliphatic carbocycles. The molecular formula is C23H34N4O2. The van der Waals surface area contributed by atoms with Gasteiger partial charge >= 0.3 is 5.97 Å². The van der Waals surface area contributed by atoms with Crippen molar-refractivity contribution in [3.63, 3.8) is 0 Å². The standard InChI is InChI=1S/C23H34N4O2/c1-21(2,3)17-14-18(27-22(4,5)6)26-20(25-17)24-16-10-8-15(9-11-16)23(19(28)29)12-7-13-23/h8-11,14,20,24-25H,7,12-13H2,1-6H3,(H,26,27)(H,28,29). The number of benzene rings is 1. The van der Waals surface area contributed by atoms with Crippen LogP contribution in [0, 0.1) is 5.41 Å². The lowest BCUT2D eigenvalue weighted by molar-refractivity contribution is -0.147. The molecule has 4 N–H and O–H groups in total. The molecule has 1 atom stereocenters. The number of nitrogens with one attached hydrogen (secondary N) is 3. The Morgan fingerprint density at radius 3 is 2.21 bits per heavy atom. The second-order valence-electron chi connectivity index (χ2n) is 10.2. The van der Waals surface area contributed by atoms with Gasteiger partial charge < -0.3 is 21.1 Å². The first-order chi connectivity index (χ1) is 13.4. The van der Waals surface area contributed by atoms with E-state index in [0.717, 1.165) is 29.2 Å². The highest BCUT2D eigenvalue weighted by Crippen LogP contribution is 2.44. The lowest BCUT2D eigenvalue weighted by Gasteiger charge is -2.38. The molecule has 158 valence electrons. The summed E-state index contributed by atoms with van der Waals surface area (Å²) < 4.78 is 0. The number of anilines is 1. The Hall–Kier alpha value is -2.50. The summed E-state index contributed by atoms with van der Waals surface area (Å²) in [6.45, 7) is 12.8. The average Bonchev–Trinajstić information content (AvgIpc) is 2.52. The minimum atomic E-state index is -0.721. The predicted molar refractivity (Wildman–Crippen MR) is 118 cm³/mol. The normalized spacial score (nSPS) is 21.2. The van der Waals surface area contributed by atoms with E-state index < -0.39 is 11.4 Å². The van der Waals surface area contributed by atoms with Gasteiger partial charge in [0, 0.05) is 22.3 Å². The van der Waals surface area contributed by atoms with Crippen molar-refractivity contribution in [3.05, 3.63) is 41.6 Å². The second kappa shape index (κ2) is 7.39. The fraction of sp³-hybridized carbons (Fsp3) is 0.565. The van der Waals surface area contributed by atoms with Crippen LogP contribution in [0.1, 0.15) is 66.4 Å². The topological polar surface area (TPSA) is 85.8 Å². The molecule has 1 heterocycles. The minimum absolute atomic E-state index is 0.0391. The molecule has 29 heavy (non-hydrogen) atoms. The van der Waals surface area contributed by atoms with E-state index in [1.807, 2.05) is 24.3 Å². The first-order valence-corrected chi connectivity index (χ1v) is 10.3. The van der Waals surface area contributed by atoms with Crippen LogP contribution in [0.5, 0.6) is 0 Å². The van der Waals surface area contributed by atoms with Crippen LogP contribution in [0.3, 0.4) is 0 Å². The molecule has 0 spiro atoms. The first-order valence-electron chi connectivity index (χ1n) is 10.3. The van der Waals surface area contributed by atoms with Crippen LogP contribution >= 0.6 is 0 Å². The Morgan fingerprint density at radius 2 is 1.76 bits per heavy atom. The van der Waals surface area contributed by atoms with Crippen LogP contribution in [0.15, 0.2) is 41.0 Å². The first kappa shape index (κ1) is 21.2. The van der Waals surface area contributed by atoms with Gasteiger partial charge in [-0.25, -0.2) is 4.99 Å². The summed E-state index contributed by atoms with van der Waals surface area (Å²) in [5.41, 5.74) is 2.06. The molecule has 2 aliphatic rings.